The molecule has 0 spiro atoms. The third-order valence-electron chi connectivity index (χ3n) is 7.47. The molecule has 1 saturated heterocycles. The first-order valence-corrected chi connectivity index (χ1v) is 11.4. The summed E-state index contributed by atoms with van der Waals surface area (Å²) < 4.78 is 5.36. The van der Waals surface area contributed by atoms with E-state index < -0.39 is 0 Å². The van der Waals surface area contributed by atoms with Crippen LogP contribution >= 0.6 is 0 Å². The number of nitrogens with zero attached hydrogens (tertiary/aromatic N) is 1. The molecule has 1 aromatic heterocycles. The number of hydrogen-bond donors (Lipinski definition) is 1. The van der Waals surface area contributed by atoms with Crippen molar-refractivity contribution >= 4 is 11.8 Å². The average molecular weight is 427 g/mol. The molecule has 2 aromatic carbocycles. The first-order valence-electron chi connectivity index (χ1n) is 11.4. The topological polar surface area (TPSA) is 62.6 Å². The van der Waals surface area contributed by atoms with Crippen LogP contribution in [0.15, 0.2) is 71.3 Å². The summed E-state index contributed by atoms with van der Waals surface area (Å²) in [6.45, 7) is 1.52. The van der Waals surface area contributed by atoms with Crippen molar-refractivity contribution in [1.82, 2.24) is 10.2 Å². The summed E-state index contributed by atoms with van der Waals surface area (Å²) in [5.41, 5.74) is 5.69. The van der Waals surface area contributed by atoms with Gasteiger partial charge in [0, 0.05) is 31.3 Å². The van der Waals surface area contributed by atoms with Gasteiger partial charge in [-0.2, -0.15) is 0 Å². The van der Waals surface area contributed by atoms with E-state index >= 15 is 0 Å². The van der Waals surface area contributed by atoms with Gasteiger partial charge in [0.05, 0.1) is 18.7 Å². The highest BCUT2D eigenvalue weighted by atomic mass is 16.3. The first-order chi connectivity index (χ1) is 15.7. The predicted octanol–water partition coefficient (Wildman–Crippen LogP) is 4.04. The van der Waals surface area contributed by atoms with Crippen LogP contribution in [0, 0.1) is 11.8 Å². The highest BCUT2D eigenvalue weighted by molar-refractivity contribution is 5.89. The normalized spacial score (nSPS) is 25.5. The number of carbonyl (C=O) groups excluding carboxylic acids is 2. The van der Waals surface area contributed by atoms with Crippen molar-refractivity contribution in [3.63, 3.8) is 0 Å². The molecule has 7 rings (SSSR count). The summed E-state index contributed by atoms with van der Waals surface area (Å²) in [5.74, 6) is 1.53. The Balaban J connectivity index is 1.15. The zero-order valence-electron chi connectivity index (χ0n) is 17.9. The third-order valence-corrected chi connectivity index (χ3v) is 7.47. The maximum atomic E-state index is 13.0. The Labute approximate surface area is 187 Å². The summed E-state index contributed by atoms with van der Waals surface area (Å²) in [6, 6.07) is 21.2. The molecule has 0 radical (unpaired) electrons. The summed E-state index contributed by atoms with van der Waals surface area (Å²) in [7, 11) is 0. The van der Waals surface area contributed by atoms with E-state index in [9.17, 15) is 9.59 Å². The van der Waals surface area contributed by atoms with Gasteiger partial charge >= 0.3 is 0 Å². The Kier molecular flexibility index (Phi) is 4.63. The van der Waals surface area contributed by atoms with Crippen LogP contribution in [0.3, 0.4) is 0 Å². The van der Waals surface area contributed by atoms with E-state index in [-0.39, 0.29) is 24.2 Å². The fraction of sp³-hybridized carbons (Fsp3) is 0.333. The van der Waals surface area contributed by atoms with Crippen molar-refractivity contribution in [1.29, 1.82) is 0 Å². The maximum absolute atomic E-state index is 13.0. The SMILES string of the molecule is O=C(NC[C@@H]1CC2c3ccccc3C1c1ccccc12)[C@@H]1CC(=O)N(Cc2ccco2)C1. The Hall–Kier alpha value is -3.34. The molecule has 5 nitrogen and oxygen atoms in total. The van der Waals surface area contributed by atoms with Gasteiger partial charge in [-0.15, -0.1) is 0 Å². The fourth-order valence-electron chi connectivity index (χ4n) is 6.03. The van der Waals surface area contributed by atoms with E-state index in [0.29, 0.717) is 37.4 Å². The smallest absolute Gasteiger partial charge is 0.225 e. The van der Waals surface area contributed by atoms with Crippen molar-refractivity contribution in [2.75, 3.05) is 13.1 Å². The molecule has 0 unspecified atom stereocenters. The number of nitrogens with one attached hydrogen (secondary N) is 1. The molecule has 1 N–H and O–H groups in total. The Morgan fingerprint density at radius 1 is 0.969 bits per heavy atom. The minimum Gasteiger partial charge on any atom is -0.467 e. The van der Waals surface area contributed by atoms with Gasteiger partial charge in [0.2, 0.25) is 11.8 Å². The third kappa shape index (κ3) is 3.15. The standard InChI is InChI=1S/C27H26N2O3/c30-25-13-18(15-29(25)16-19-6-5-11-32-19)27(31)28-14-17-12-24-20-7-1-3-9-22(20)26(17)23-10-4-2-8-21(23)24/h1-11,17-18,24,26H,12-16H2,(H,28,31)/t17-,18+,24?,26?/m0/s1. The molecule has 3 aromatic rings. The van der Waals surface area contributed by atoms with E-state index in [1.807, 2.05) is 12.1 Å². The lowest BCUT2D eigenvalue weighted by Crippen LogP contribution is -2.41. The number of benzene rings is 2. The lowest BCUT2D eigenvalue weighted by Gasteiger charge is -2.45. The van der Waals surface area contributed by atoms with Gasteiger partial charge in [-0.3, -0.25) is 9.59 Å². The van der Waals surface area contributed by atoms with E-state index in [1.165, 1.54) is 22.3 Å². The van der Waals surface area contributed by atoms with Crippen LogP contribution in [0.25, 0.3) is 0 Å². The van der Waals surface area contributed by atoms with E-state index in [0.717, 1.165) is 12.2 Å². The van der Waals surface area contributed by atoms with Gasteiger partial charge in [0.25, 0.3) is 0 Å². The Morgan fingerprint density at radius 2 is 1.66 bits per heavy atom. The van der Waals surface area contributed by atoms with Crippen LogP contribution in [-0.4, -0.2) is 29.8 Å². The molecule has 2 bridgehead atoms. The summed E-state index contributed by atoms with van der Waals surface area (Å²) in [6.07, 6.45) is 2.93. The molecule has 162 valence electrons. The van der Waals surface area contributed by atoms with Crippen LogP contribution in [0.2, 0.25) is 0 Å². The van der Waals surface area contributed by atoms with Gasteiger partial charge in [0.15, 0.2) is 0 Å². The van der Waals surface area contributed by atoms with Crippen LogP contribution in [0.4, 0.5) is 0 Å². The van der Waals surface area contributed by atoms with Crippen molar-refractivity contribution in [3.05, 3.63) is 94.9 Å². The van der Waals surface area contributed by atoms with E-state index in [1.54, 1.807) is 11.2 Å². The van der Waals surface area contributed by atoms with Gasteiger partial charge in [-0.25, -0.2) is 0 Å². The van der Waals surface area contributed by atoms with Crippen molar-refractivity contribution in [2.24, 2.45) is 11.8 Å². The Bertz CT molecular complexity index is 1120. The van der Waals surface area contributed by atoms with E-state index in [2.05, 4.69) is 53.8 Å². The van der Waals surface area contributed by atoms with Crippen LogP contribution < -0.4 is 5.32 Å². The second-order valence-electron chi connectivity index (χ2n) is 9.28. The quantitative estimate of drug-likeness (QED) is 0.670. The van der Waals surface area contributed by atoms with Crippen molar-refractivity contribution in [2.45, 2.75) is 31.2 Å². The molecular weight excluding hydrogens is 400 g/mol. The van der Waals surface area contributed by atoms with Crippen LogP contribution in [0.1, 0.15) is 52.7 Å². The number of carbonyl (C=O) groups is 2. The zero-order chi connectivity index (χ0) is 21.7. The molecular formula is C27H26N2O3. The molecule has 2 heterocycles. The number of furan rings is 1. The predicted molar refractivity (Wildman–Crippen MR) is 120 cm³/mol. The monoisotopic (exact) mass is 426 g/mol. The second kappa shape index (κ2) is 7.66. The number of fused-ring (bicyclic) bond motifs is 1. The van der Waals surface area contributed by atoms with Crippen molar-refractivity contribution < 1.29 is 14.0 Å². The Morgan fingerprint density at radius 3 is 2.31 bits per heavy atom. The lowest BCUT2D eigenvalue weighted by molar-refractivity contribution is -0.129. The summed E-state index contributed by atoms with van der Waals surface area (Å²) in [4.78, 5) is 27.1. The van der Waals surface area contributed by atoms with Crippen LogP contribution in [-0.2, 0) is 16.1 Å². The van der Waals surface area contributed by atoms with Crippen molar-refractivity contribution in [3.8, 4) is 0 Å². The maximum Gasteiger partial charge on any atom is 0.225 e. The van der Waals surface area contributed by atoms with Gasteiger partial charge in [0.1, 0.15) is 5.76 Å². The molecule has 2 amide bonds. The highest BCUT2D eigenvalue weighted by Crippen LogP contribution is 2.55. The second-order valence-corrected chi connectivity index (χ2v) is 9.28. The minimum atomic E-state index is -0.294. The number of amides is 2. The number of likely N-dealkylation sites (tertiary alicyclic amines) is 1. The molecule has 1 aliphatic heterocycles. The molecule has 4 aliphatic rings. The number of rotatable bonds is 5. The van der Waals surface area contributed by atoms with Gasteiger partial charge < -0.3 is 14.6 Å². The zero-order valence-corrected chi connectivity index (χ0v) is 17.9. The van der Waals surface area contributed by atoms with E-state index in [4.69, 9.17) is 4.42 Å². The molecule has 1 fully saturated rings. The molecule has 5 heteroatoms. The average Bonchev–Trinajstić information content (AvgIpc) is 3.48. The molecule has 32 heavy (non-hydrogen) atoms. The van der Waals surface area contributed by atoms with Gasteiger partial charge in [-0.1, -0.05) is 48.5 Å². The lowest BCUT2D eigenvalue weighted by atomic mass is 9.59. The fourth-order valence-corrected chi connectivity index (χ4v) is 6.03. The molecule has 2 atom stereocenters. The summed E-state index contributed by atoms with van der Waals surface area (Å²) >= 11 is 0. The first kappa shape index (κ1) is 19.4. The van der Waals surface area contributed by atoms with Crippen LogP contribution in [0.5, 0.6) is 0 Å². The largest absolute Gasteiger partial charge is 0.467 e. The molecule has 3 aliphatic carbocycles. The molecule has 0 saturated carbocycles. The highest BCUT2D eigenvalue weighted by Gasteiger charge is 2.43. The van der Waals surface area contributed by atoms with Gasteiger partial charge in [-0.05, 0) is 46.7 Å². The summed E-state index contributed by atoms with van der Waals surface area (Å²) in [5, 5.41) is 3.20. The minimum absolute atomic E-state index is 0.0108. The number of hydrogen-bond acceptors (Lipinski definition) is 3.